The van der Waals surface area contributed by atoms with Crippen LogP contribution in [0.5, 0.6) is 11.5 Å². The molecule has 3 aromatic carbocycles. The fourth-order valence-electron chi connectivity index (χ4n) is 5.00. The van der Waals surface area contributed by atoms with Crippen molar-refractivity contribution in [2.45, 2.75) is 12.8 Å². The molecule has 0 amide bonds. The molecule has 0 spiro atoms. The summed E-state index contributed by atoms with van der Waals surface area (Å²) in [7, 11) is 4.78. The highest BCUT2D eigenvalue weighted by atomic mass is 31.1. The van der Waals surface area contributed by atoms with Gasteiger partial charge in [-0.2, -0.15) is 0 Å². The molecule has 4 nitrogen and oxygen atoms in total. The highest BCUT2D eigenvalue weighted by molar-refractivity contribution is 7.82. The minimum absolute atomic E-state index is 0.782. The van der Waals surface area contributed by atoms with Gasteiger partial charge in [-0.15, -0.1) is 0 Å². The van der Waals surface area contributed by atoms with E-state index in [0.29, 0.717) is 0 Å². The van der Waals surface area contributed by atoms with Gasteiger partial charge in [-0.3, -0.25) is 0 Å². The van der Waals surface area contributed by atoms with Crippen LogP contribution in [-0.4, -0.2) is 28.4 Å². The molecule has 0 saturated heterocycles. The molecule has 0 heterocycles. The fraction of sp³-hybridized carbons (Fsp3) is 0.176. The molecule has 202 valence electrons. The largest absolute Gasteiger partial charge is 0.496 e. The van der Waals surface area contributed by atoms with Gasteiger partial charge in [-0.05, 0) is 61.7 Å². The van der Waals surface area contributed by atoms with Crippen molar-refractivity contribution >= 4 is 37.1 Å². The fourth-order valence-corrected chi connectivity index (χ4v) is 10.8. The molecule has 0 radical (unpaired) electrons. The van der Waals surface area contributed by atoms with Gasteiger partial charge in [0, 0.05) is 23.8 Å². The van der Waals surface area contributed by atoms with Gasteiger partial charge in [0.05, 0.1) is 33.8 Å². The highest BCUT2D eigenvalue weighted by Crippen LogP contribution is 2.54. The Morgan fingerprint density at radius 1 is 0.650 bits per heavy atom. The van der Waals surface area contributed by atoms with Crippen molar-refractivity contribution in [1.29, 1.82) is 0 Å². The second kappa shape index (κ2) is 13.1. The Labute approximate surface area is 239 Å². The second-order valence-electron chi connectivity index (χ2n) is 8.98. The van der Waals surface area contributed by atoms with Crippen LogP contribution < -0.4 is 30.7 Å². The lowest BCUT2D eigenvalue weighted by Crippen LogP contribution is -2.30. The van der Waals surface area contributed by atoms with Crippen molar-refractivity contribution in [3.63, 3.8) is 0 Å². The first kappa shape index (κ1) is 27.8. The zero-order valence-corrected chi connectivity index (χ0v) is 25.0. The Morgan fingerprint density at radius 3 is 1.82 bits per heavy atom. The van der Waals surface area contributed by atoms with Crippen molar-refractivity contribution < 1.29 is 18.9 Å². The Bertz CT molecular complexity index is 1590. The smallest absolute Gasteiger partial charge is 0.136 e. The maximum Gasteiger partial charge on any atom is 0.136 e. The Morgan fingerprint density at radius 2 is 1.23 bits per heavy atom. The van der Waals surface area contributed by atoms with Crippen LogP contribution in [0.15, 0.2) is 131 Å². The van der Waals surface area contributed by atoms with Crippen LogP contribution in [-0.2, 0) is 9.47 Å². The number of allylic oxidation sites excluding steroid dienone is 6. The quantitative estimate of drug-likeness (QED) is 0.207. The molecule has 2 aliphatic rings. The van der Waals surface area contributed by atoms with E-state index < -0.39 is 15.8 Å². The first-order chi connectivity index (χ1) is 19.7. The summed E-state index contributed by atoms with van der Waals surface area (Å²) in [5.74, 6) is 3.42. The van der Waals surface area contributed by atoms with Gasteiger partial charge in [0.25, 0.3) is 0 Å². The summed E-state index contributed by atoms with van der Waals surface area (Å²) < 4.78 is 23.7. The van der Waals surface area contributed by atoms with Crippen molar-refractivity contribution in [3.05, 3.63) is 131 Å². The summed E-state index contributed by atoms with van der Waals surface area (Å²) >= 11 is 0. The van der Waals surface area contributed by atoms with Crippen molar-refractivity contribution in [2.75, 3.05) is 28.4 Å². The van der Waals surface area contributed by atoms with Gasteiger partial charge < -0.3 is 18.9 Å². The molecule has 0 bridgehead atoms. The van der Waals surface area contributed by atoms with E-state index in [1.54, 1.807) is 28.4 Å². The van der Waals surface area contributed by atoms with Gasteiger partial charge in [0.15, 0.2) is 0 Å². The van der Waals surface area contributed by atoms with Crippen LogP contribution in [0.3, 0.4) is 0 Å². The third kappa shape index (κ3) is 5.46. The maximum atomic E-state index is 5.97. The molecule has 2 atom stereocenters. The number of para-hydroxylation sites is 2. The van der Waals surface area contributed by atoms with E-state index in [2.05, 4.69) is 72.1 Å². The van der Waals surface area contributed by atoms with Crippen LogP contribution in [0, 0.1) is 0 Å². The van der Waals surface area contributed by atoms with Crippen LogP contribution in [0.1, 0.15) is 12.8 Å². The van der Waals surface area contributed by atoms with E-state index in [1.807, 2.05) is 36.4 Å². The third-order valence-corrected chi connectivity index (χ3v) is 12.2. The molecule has 2 aliphatic carbocycles. The SMILES string of the molecule is COC1=CC=C=C=C1P(c1ccccc1OC)c1ccccc1P(C1=C(OC)C=CCC1)c1ccccc1OC. The van der Waals surface area contributed by atoms with E-state index in [4.69, 9.17) is 18.9 Å². The first-order valence-corrected chi connectivity index (χ1v) is 15.8. The van der Waals surface area contributed by atoms with Crippen molar-refractivity contribution in [2.24, 2.45) is 0 Å². The predicted molar refractivity (Wildman–Crippen MR) is 167 cm³/mol. The van der Waals surface area contributed by atoms with Gasteiger partial charge >= 0.3 is 0 Å². The minimum Gasteiger partial charge on any atom is -0.496 e. The van der Waals surface area contributed by atoms with Crippen LogP contribution in [0.4, 0.5) is 0 Å². The van der Waals surface area contributed by atoms with E-state index >= 15 is 0 Å². The Hall–Kier alpha value is -3.76. The summed E-state index contributed by atoms with van der Waals surface area (Å²) in [5.41, 5.74) is 6.61. The average molecular weight is 567 g/mol. The molecular formula is C34H32O4P2. The number of hydrogen-bond donors (Lipinski definition) is 0. The van der Waals surface area contributed by atoms with Gasteiger partial charge in [0.1, 0.15) is 23.0 Å². The summed E-state index contributed by atoms with van der Waals surface area (Å²) in [6, 6.07) is 25.3. The minimum atomic E-state index is -1.14. The number of benzene rings is 3. The predicted octanol–water partition coefficient (Wildman–Crippen LogP) is 6.52. The lowest BCUT2D eigenvalue weighted by Gasteiger charge is -2.31. The molecule has 2 unspecified atom stereocenters. The van der Waals surface area contributed by atoms with Crippen LogP contribution in [0.25, 0.3) is 0 Å². The molecule has 0 aliphatic heterocycles. The average Bonchev–Trinajstić information content (AvgIpc) is 3.03. The maximum absolute atomic E-state index is 5.97. The molecule has 0 aromatic heterocycles. The van der Waals surface area contributed by atoms with Crippen LogP contribution >= 0.6 is 15.8 Å². The van der Waals surface area contributed by atoms with Gasteiger partial charge in [-0.1, -0.05) is 78.2 Å². The number of ether oxygens (including phenoxy) is 4. The summed E-state index contributed by atoms with van der Waals surface area (Å²) in [6.45, 7) is 0. The van der Waals surface area contributed by atoms with E-state index in [-0.39, 0.29) is 0 Å². The van der Waals surface area contributed by atoms with Crippen LogP contribution in [0.2, 0.25) is 0 Å². The highest BCUT2D eigenvalue weighted by Gasteiger charge is 2.33. The second-order valence-corrected chi connectivity index (χ2v) is 13.2. The third-order valence-electron chi connectivity index (χ3n) is 6.79. The Kier molecular flexibility index (Phi) is 9.08. The van der Waals surface area contributed by atoms with Crippen molar-refractivity contribution in [3.8, 4) is 11.5 Å². The summed E-state index contributed by atoms with van der Waals surface area (Å²) in [5, 5.41) is 6.99. The lowest BCUT2D eigenvalue weighted by molar-refractivity contribution is 0.302. The first-order valence-electron chi connectivity index (χ1n) is 13.1. The summed E-state index contributed by atoms with van der Waals surface area (Å²) in [6.07, 6.45) is 9.98. The number of methoxy groups -OCH3 is 4. The summed E-state index contributed by atoms with van der Waals surface area (Å²) in [4.78, 5) is 0. The molecule has 40 heavy (non-hydrogen) atoms. The normalized spacial score (nSPS) is 15.7. The molecule has 0 saturated carbocycles. The molecular weight excluding hydrogens is 534 g/mol. The van der Waals surface area contributed by atoms with Crippen molar-refractivity contribution in [1.82, 2.24) is 0 Å². The molecule has 5 rings (SSSR count). The molecule has 3 aromatic rings. The standard InChI is InChI=1S/C34H32O4P2/c1-35-25-15-5-9-19-29(25)39(30-20-10-6-16-26(30)36-2)33-23-13-14-24-34(33)40(31-21-11-7-17-27(31)37-3)32-22-12-8-18-28(32)38-4/h5-9,11,13-19,21,23-24H,10,20H2,1-4H3. The number of rotatable bonds is 10. The zero-order valence-electron chi connectivity index (χ0n) is 23.2. The van der Waals surface area contributed by atoms with Gasteiger partial charge in [-0.25, -0.2) is 0 Å². The molecule has 0 N–H and O–H groups in total. The lowest BCUT2D eigenvalue weighted by atomic mass is 10.2. The Balaban J connectivity index is 1.84. The topological polar surface area (TPSA) is 36.9 Å². The monoisotopic (exact) mass is 566 g/mol. The van der Waals surface area contributed by atoms with E-state index in [0.717, 1.165) is 51.8 Å². The van der Waals surface area contributed by atoms with E-state index in [9.17, 15) is 0 Å². The molecule has 0 fully saturated rings. The molecule has 6 heteroatoms. The van der Waals surface area contributed by atoms with Gasteiger partial charge in [0.2, 0.25) is 0 Å². The van der Waals surface area contributed by atoms with E-state index in [1.165, 1.54) is 15.9 Å². The number of hydrogen-bond acceptors (Lipinski definition) is 4. The zero-order chi connectivity index (χ0) is 27.9.